The van der Waals surface area contributed by atoms with Crippen molar-refractivity contribution >= 4 is 11.6 Å². The first kappa shape index (κ1) is 16.8. The molecule has 0 saturated heterocycles. The van der Waals surface area contributed by atoms with Crippen molar-refractivity contribution in [3.05, 3.63) is 89.4 Å². The number of phenols is 1. The lowest BCUT2D eigenvalue weighted by atomic mass is 9.92. The normalized spacial score (nSPS) is 12.0. The van der Waals surface area contributed by atoms with E-state index < -0.39 is 0 Å². The molecule has 1 aliphatic heterocycles. The van der Waals surface area contributed by atoms with Crippen molar-refractivity contribution in [1.29, 1.82) is 0 Å². The number of nitrogens with zero attached hydrogens (tertiary/aromatic N) is 1. The molecule has 1 N–H and O–H groups in total. The number of benzene rings is 3. The molecule has 4 aromatic rings. The summed E-state index contributed by atoms with van der Waals surface area (Å²) in [6.45, 7) is 0.431. The van der Waals surface area contributed by atoms with Gasteiger partial charge in [-0.05, 0) is 53.6 Å². The van der Waals surface area contributed by atoms with E-state index in [9.17, 15) is 5.11 Å². The van der Waals surface area contributed by atoms with E-state index in [4.69, 9.17) is 21.3 Å². The predicted octanol–water partition coefficient (Wildman–Crippen LogP) is 6.33. The molecule has 3 nitrogen and oxygen atoms in total. The van der Waals surface area contributed by atoms with Gasteiger partial charge in [0.05, 0.1) is 11.4 Å². The molecule has 5 rings (SSSR count). The lowest BCUT2D eigenvalue weighted by molar-refractivity contribution is 0.302. The molecule has 28 heavy (non-hydrogen) atoms. The third-order valence-corrected chi connectivity index (χ3v) is 5.15. The van der Waals surface area contributed by atoms with Crippen molar-refractivity contribution in [1.82, 2.24) is 4.98 Å². The van der Waals surface area contributed by atoms with Gasteiger partial charge in [0.15, 0.2) is 0 Å². The van der Waals surface area contributed by atoms with Crippen molar-refractivity contribution in [3.63, 3.8) is 0 Å². The number of hydrogen-bond donors (Lipinski definition) is 1. The van der Waals surface area contributed by atoms with Crippen LogP contribution in [0.2, 0.25) is 5.02 Å². The number of halogens is 1. The van der Waals surface area contributed by atoms with Crippen molar-refractivity contribution in [3.8, 4) is 45.1 Å². The van der Waals surface area contributed by atoms with Gasteiger partial charge in [-0.2, -0.15) is 0 Å². The third-order valence-electron chi connectivity index (χ3n) is 4.92. The molecule has 2 heterocycles. The molecule has 0 saturated carbocycles. The Balaban J connectivity index is 1.81. The number of phenolic OH excluding ortho intramolecular Hbond substituents is 1. The smallest absolute Gasteiger partial charge is 0.129 e. The van der Waals surface area contributed by atoms with Gasteiger partial charge in [-0.15, -0.1) is 0 Å². The number of rotatable bonds is 2. The van der Waals surface area contributed by atoms with E-state index in [1.165, 1.54) is 0 Å². The van der Waals surface area contributed by atoms with Crippen LogP contribution in [-0.2, 0) is 6.61 Å². The highest BCUT2D eigenvalue weighted by atomic mass is 35.5. The zero-order valence-electron chi connectivity index (χ0n) is 14.9. The number of pyridine rings is 1. The highest BCUT2D eigenvalue weighted by Gasteiger charge is 2.23. The molecule has 1 aliphatic rings. The SMILES string of the molecule is Oc1cccc(-c2cc(-c3cccc(Cl)c3)nc3c2COc2ccccc2-3)c1. The van der Waals surface area contributed by atoms with Crippen LogP contribution in [0.1, 0.15) is 5.56 Å². The monoisotopic (exact) mass is 385 g/mol. The minimum absolute atomic E-state index is 0.226. The molecule has 0 amide bonds. The van der Waals surface area contributed by atoms with Crippen LogP contribution in [0.4, 0.5) is 0 Å². The van der Waals surface area contributed by atoms with Crippen LogP contribution in [0, 0.1) is 0 Å². The fraction of sp³-hybridized carbons (Fsp3) is 0.0417. The van der Waals surface area contributed by atoms with E-state index in [0.717, 1.165) is 45.0 Å². The maximum absolute atomic E-state index is 9.99. The van der Waals surface area contributed by atoms with Crippen molar-refractivity contribution < 1.29 is 9.84 Å². The molecule has 4 heteroatoms. The molecule has 0 spiro atoms. The Morgan fingerprint density at radius 2 is 1.64 bits per heavy atom. The minimum Gasteiger partial charge on any atom is -0.508 e. The lowest BCUT2D eigenvalue weighted by Crippen LogP contribution is -2.09. The van der Waals surface area contributed by atoms with Gasteiger partial charge in [-0.3, -0.25) is 0 Å². The van der Waals surface area contributed by atoms with Crippen LogP contribution in [0.15, 0.2) is 78.9 Å². The fourth-order valence-corrected chi connectivity index (χ4v) is 3.80. The van der Waals surface area contributed by atoms with Crippen LogP contribution in [0.5, 0.6) is 11.5 Å². The van der Waals surface area contributed by atoms with Crippen LogP contribution < -0.4 is 4.74 Å². The maximum atomic E-state index is 9.99. The summed E-state index contributed by atoms with van der Waals surface area (Å²) < 4.78 is 5.98. The zero-order chi connectivity index (χ0) is 19.1. The molecular weight excluding hydrogens is 370 g/mol. The van der Waals surface area contributed by atoms with Gasteiger partial charge in [-0.1, -0.05) is 48.0 Å². The zero-order valence-corrected chi connectivity index (χ0v) is 15.6. The van der Waals surface area contributed by atoms with Gasteiger partial charge in [0, 0.05) is 21.7 Å². The number of ether oxygens (including phenoxy) is 1. The quantitative estimate of drug-likeness (QED) is 0.438. The Morgan fingerprint density at radius 1 is 0.821 bits per heavy atom. The van der Waals surface area contributed by atoms with E-state index in [-0.39, 0.29) is 5.75 Å². The van der Waals surface area contributed by atoms with E-state index in [1.54, 1.807) is 12.1 Å². The van der Waals surface area contributed by atoms with E-state index in [1.807, 2.05) is 66.7 Å². The molecular formula is C24H16ClNO2. The summed E-state index contributed by atoms with van der Waals surface area (Å²) in [5, 5.41) is 10.7. The van der Waals surface area contributed by atoms with E-state index in [2.05, 4.69) is 0 Å². The molecule has 0 atom stereocenters. The molecule has 1 aromatic heterocycles. The fourth-order valence-electron chi connectivity index (χ4n) is 3.61. The average molecular weight is 386 g/mol. The number of hydrogen-bond acceptors (Lipinski definition) is 3. The second-order valence-corrected chi connectivity index (χ2v) is 7.16. The number of para-hydroxylation sites is 1. The summed E-state index contributed by atoms with van der Waals surface area (Å²) in [6.07, 6.45) is 0. The summed E-state index contributed by atoms with van der Waals surface area (Å²) in [5.74, 6) is 1.05. The first-order valence-electron chi connectivity index (χ1n) is 9.00. The maximum Gasteiger partial charge on any atom is 0.129 e. The van der Waals surface area contributed by atoms with Gasteiger partial charge in [-0.25, -0.2) is 4.98 Å². The molecule has 0 aliphatic carbocycles. The highest BCUT2D eigenvalue weighted by Crippen LogP contribution is 2.42. The summed E-state index contributed by atoms with van der Waals surface area (Å²) in [6, 6.07) is 24.9. The van der Waals surface area contributed by atoms with Crippen LogP contribution in [0.25, 0.3) is 33.6 Å². The molecule has 136 valence electrons. The molecule has 0 fully saturated rings. The highest BCUT2D eigenvalue weighted by molar-refractivity contribution is 6.30. The predicted molar refractivity (Wildman–Crippen MR) is 112 cm³/mol. The number of aromatic nitrogens is 1. The van der Waals surface area contributed by atoms with Crippen LogP contribution in [0.3, 0.4) is 0 Å². The molecule has 0 bridgehead atoms. The third kappa shape index (κ3) is 2.90. The summed E-state index contributed by atoms with van der Waals surface area (Å²) >= 11 is 6.22. The minimum atomic E-state index is 0.226. The lowest BCUT2D eigenvalue weighted by Gasteiger charge is -2.23. The molecule has 0 radical (unpaired) electrons. The summed E-state index contributed by atoms with van der Waals surface area (Å²) in [5.41, 5.74) is 6.56. The number of fused-ring (bicyclic) bond motifs is 3. The Kier molecular flexibility index (Phi) is 4.03. The van der Waals surface area contributed by atoms with Gasteiger partial charge in [0.1, 0.15) is 18.1 Å². The Bertz CT molecular complexity index is 1200. The standard InChI is InChI=1S/C24H16ClNO2/c25-17-7-3-6-16(11-17)22-13-20(15-5-4-8-18(27)12-15)21-14-28-23-10-2-1-9-19(23)24(21)26-22/h1-13,27H,14H2. The van der Waals surface area contributed by atoms with E-state index >= 15 is 0 Å². The van der Waals surface area contributed by atoms with Gasteiger partial charge < -0.3 is 9.84 Å². The van der Waals surface area contributed by atoms with Crippen molar-refractivity contribution in [2.75, 3.05) is 0 Å². The summed E-state index contributed by atoms with van der Waals surface area (Å²) in [7, 11) is 0. The molecule has 0 unspecified atom stereocenters. The Morgan fingerprint density at radius 3 is 2.50 bits per heavy atom. The molecule has 3 aromatic carbocycles. The average Bonchev–Trinajstić information content (AvgIpc) is 2.73. The largest absolute Gasteiger partial charge is 0.508 e. The van der Waals surface area contributed by atoms with Gasteiger partial charge in [0.2, 0.25) is 0 Å². The van der Waals surface area contributed by atoms with Crippen molar-refractivity contribution in [2.45, 2.75) is 6.61 Å². The van der Waals surface area contributed by atoms with Crippen molar-refractivity contribution in [2.24, 2.45) is 0 Å². The first-order chi connectivity index (χ1) is 13.7. The van der Waals surface area contributed by atoms with Gasteiger partial charge in [0.25, 0.3) is 0 Å². The Hall–Kier alpha value is -3.30. The van der Waals surface area contributed by atoms with Crippen LogP contribution in [-0.4, -0.2) is 10.1 Å². The topological polar surface area (TPSA) is 42.4 Å². The second-order valence-electron chi connectivity index (χ2n) is 6.73. The number of aromatic hydroxyl groups is 1. The summed E-state index contributed by atoms with van der Waals surface area (Å²) in [4.78, 5) is 4.97. The second kappa shape index (κ2) is 6.70. The van der Waals surface area contributed by atoms with E-state index in [0.29, 0.717) is 11.6 Å². The Labute approximate surface area is 167 Å². The van der Waals surface area contributed by atoms with Crippen LogP contribution >= 0.6 is 11.6 Å². The van der Waals surface area contributed by atoms with Gasteiger partial charge >= 0.3 is 0 Å². The first-order valence-corrected chi connectivity index (χ1v) is 9.38.